The second-order valence-electron chi connectivity index (χ2n) is 6.51. The first kappa shape index (κ1) is 15.4. The highest BCUT2D eigenvalue weighted by Gasteiger charge is 2.37. The van der Waals surface area contributed by atoms with Crippen molar-refractivity contribution in [1.82, 2.24) is 4.98 Å². The van der Waals surface area contributed by atoms with Gasteiger partial charge in [-0.15, -0.1) is 0 Å². The van der Waals surface area contributed by atoms with E-state index in [4.69, 9.17) is 4.99 Å². The van der Waals surface area contributed by atoms with Crippen molar-refractivity contribution in [3.63, 3.8) is 0 Å². The predicted octanol–water partition coefficient (Wildman–Crippen LogP) is 3.80. The number of hydrogen-bond donors (Lipinski definition) is 1. The summed E-state index contributed by atoms with van der Waals surface area (Å²) in [6, 6.07) is 12.0. The molecule has 1 unspecified atom stereocenters. The molecule has 2 aromatic rings. The van der Waals surface area contributed by atoms with E-state index in [1.54, 1.807) is 0 Å². The average molecular weight is 307 g/mol. The van der Waals surface area contributed by atoms with Gasteiger partial charge in [0.2, 0.25) is 5.91 Å². The molecule has 4 nitrogen and oxygen atoms in total. The molecule has 1 aromatic heterocycles. The van der Waals surface area contributed by atoms with Crippen molar-refractivity contribution in [2.75, 3.05) is 5.32 Å². The van der Waals surface area contributed by atoms with Crippen LogP contribution in [0.25, 0.3) is 0 Å². The fourth-order valence-corrected chi connectivity index (χ4v) is 3.17. The number of nitrogens with one attached hydrogen (secondary N) is 1. The van der Waals surface area contributed by atoms with Crippen molar-refractivity contribution < 1.29 is 4.79 Å². The van der Waals surface area contributed by atoms with E-state index in [2.05, 4.69) is 36.3 Å². The van der Waals surface area contributed by atoms with Gasteiger partial charge in [-0.1, -0.05) is 12.1 Å². The minimum absolute atomic E-state index is 0.0603. The lowest BCUT2D eigenvalue weighted by Crippen LogP contribution is -2.22. The Morgan fingerprint density at radius 3 is 2.39 bits per heavy atom. The number of benzene rings is 1. The molecule has 1 N–H and O–H groups in total. The number of anilines is 1. The second kappa shape index (κ2) is 5.95. The Morgan fingerprint density at radius 2 is 1.78 bits per heavy atom. The number of nitrogens with zero attached hydrogens (tertiary/aromatic N) is 2. The van der Waals surface area contributed by atoms with Gasteiger partial charge in [0, 0.05) is 36.6 Å². The van der Waals surface area contributed by atoms with Crippen LogP contribution in [0.5, 0.6) is 0 Å². The molecule has 0 aliphatic carbocycles. The van der Waals surface area contributed by atoms with Gasteiger partial charge in [0.05, 0.1) is 5.54 Å². The Hall–Kier alpha value is -2.49. The molecule has 1 aliphatic heterocycles. The summed E-state index contributed by atoms with van der Waals surface area (Å²) in [6.07, 6.45) is 4.59. The van der Waals surface area contributed by atoms with Crippen LogP contribution in [0.15, 0.2) is 53.8 Å². The summed E-state index contributed by atoms with van der Waals surface area (Å²) in [6.45, 7) is 5.87. The first-order valence-corrected chi connectivity index (χ1v) is 7.82. The van der Waals surface area contributed by atoms with Gasteiger partial charge in [-0.3, -0.25) is 14.8 Å². The number of pyridine rings is 1. The Balaban J connectivity index is 1.83. The van der Waals surface area contributed by atoms with Crippen LogP contribution in [-0.2, 0) is 4.79 Å². The molecule has 0 radical (unpaired) electrons. The number of amides is 1. The zero-order valence-corrected chi connectivity index (χ0v) is 13.7. The van der Waals surface area contributed by atoms with Gasteiger partial charge in [-0.2, -0.15) is 0 Å². The molecule has 118 valence electrons. The lowest BCUT2D eigenvalue weighted by molar-refractivity contribution is -0.114. The van der Waals surface area contributed by atoms with Crippen LogP contribution >= 0.6 is 0 Å². The Labute approximate surface area is 136 Å². The molecule has 1 aliphatic rings. The maximum Gasteiger partial charge on any atom is 0.221 e. The lowest BCUT2D eigenvalue weighted by Gasteiger charge is -2.24. The number of carbonyl (C=O) groups is 1. The SMILES string of the molecule is CC(=O)Nc1ccc(C2=NC(C)(C)C(c3ccncc3)C2)cc1. The third-order valence-electron chi connectivity index (χ3n) is 4.32. The lowest BCUT2D eigenvalue weighted by atomic mass is 9.82. The largest absolute Gasteiger partial charge is 0.326 e. The summed E-state index contributed by atoms with van der Waals surface area (Å²) >= 11 is 0. The van der Waals surface area contributed by atoms with Crippen molar-refractivity contribution in [3.8, 4) is 0 Å². The third-order valence-corrected chi connectivity index (χ3v) is 4.32. The third kappa shape index (κ3) is 3.31. The van der Waals surface area contributed by atoms with E-state index in [-0.39, 0.29) is 11.4 Å². The maximum atomic E-state index is 11.1. The van der Waals surface area contributed by atoms with E-state index in [1.165, 1.54) is 12.5 Å². The first-order chi connectivity index (χ1) is 11.0. The normalized spacial score (nSPS) is 19.3. The van der Waals surface area contributed by atoms with Gasteiger partial charge < -0.3 is 5.32 Å². The highest BCUT2D eigenvalue weighted by Crippen LogP contribution is 2.40. The van der Waals surface area contributed by atoms with E-state index in [9.17, 15) is 4.79 Å². The second-order valence-corrected chi connectivity index (χ2v) is 6.51. The fraction of sp³-hybridized carbons (Fsp3) is 0.316. The molecule has 23 heavy (non-hydrogen) atoms. The van der Waals surface area contributed by atoms with Gasteiger partial charge >= 0.3 is 0 Å². The summed E-state index contributed by atoms with van der Waals surface area (Å²) in [5.41, 5.74) is 4.19. The van der Waals surface area contributed by atoms with Crippen LogP contribution in [0.3, 0.4) is 0 Å². The Kier molecular flexibility index (Phi) is 3.99. The first-order valence-electron chi connectivity index (χ1n) is 7.82. The van der Waals surface area contributed by atoms with Crippen LogP contribution in [0.1, 0.15) is 44.2 Å². The van der Waals surface area contributed by atoms with E-state index < -0.39 is 0 Å². The van der Waals surface area contributed by atoms with Crippen molar-refractivity contribution in [3.05, 3.63) is 59.9 Å². The fourth-order valence-electron chi connectivity index (χ4n) is 3.17. The van der Waals surface area contributed by atoms with Crippen molar-refractivity contribution in [2.24, 2.45) is 4.99 Å². The van der Waals surface area contributed by atoms with Gasteiger partial charge in [-0.05, 0) is 55.7 Å². The molecule has 0 bridgehead atoms. The van der Waals surface area contributed by atoms with Crippen LogP contribution in [0.2, 0.25) is 0 Å². The molecule has 0 saturated heterocycles. The van der Waals surface area contributed by atoms with Gasteiger partial charge in [0.1, 0.15) is 0 Å². The molecule has 1 atom stereocenters. The van der Waals surface area contributed by atoms with Crippen LogP contribution in [-0.4, -0.2) is 22.1 Å². The van der Waals surface area contributed by atoms with Gasteiger partial charge in [0.15, 0.2) is 0 Å². The number of carbonyl (C=O) groups excluding carboxylic acids is 1. The smallest absolute Gasteiger partial charge is 0.221 e. The number of hydrogen-bond acceptors (Lipinski definition) is 3. The summed E-state index contributed by atoms with van der Waals surface area (Å²) in [5.74, 6) is 0.297. The topological polar surface area (TPSA) is 54.4 Å². The summed E-state index contributed by atoms with van der Waals surface area (Å²) < 4.78 is 0. The minimum Gasteiger partial charge on any atom is -0.326 e. The van der Waals surface area contributed by atoms with Crippen molar-refractivity contribution in [2.45, 2.75) is 38.6 Å². The number of rotatable bonds is 3. The molecule has 1 amide bonds. The summed E-state index contributed by atoms with van der Waals surface area (Å²) in [4.78, 5) is 20.2. The zero-order chi connectivity index (χ0) is 16.4. The van der Waals surface area contributed by atoms with E-state index >= 15 is 0 Å². The molecule has 0 saturated carbocycles. The monoisotopic (exact) mass is 307 g/mol. The summed E-state index contributed by atoms with van der Waals surface area (Å²) in [5, 5.41) is 2.79. The van der Waals surface area contributed by atoms with E-state index in [0.717, 1.165) is 23.4 Å². The van der Waals surface area contributed by atoms with Gasteiger partial charge in [-0.25, -0.2) is 0 Å². The van der Waals surface area contributed by atoms with Crippen LogP contribution in [0, 0.1) is 0 Å². The van der Waals surface area contributed by atoms with Crippen molar-refractivity contribution >= 4 is 17.3 Å². The molecule has 0 spiro atoms. The van der Waals surface area contributed by atoms with Crippen LogP contribution in [0.4, 0.5) is 5.69 Å². The molecule has 1 aromatic carbocycles. The number of aliphatic imine (C=N–C) groups is 1. The standard InChI is InChI=1S/C19H21N3O/c1-13(23)21-16-6-4-15(5-7-16)18-12-17(19(2,3)22-18)14-8-10-20-11-9-14/h4-11,17H,12H2,1-3H3,(H,21,23). The predicted molar refractivity (Wildman–Crippen MR) is 93.0 cm³/mol. The molecule has 3 rings (SSSR count). The van der Waals surface area contributed by atoms with Crippen LogP contribution < -0.4 is 5.32 Å². The zero-order valence-electron chi connectivity index (χ0n) is 13.7. The maximum absolute atomic E-state index is 11.1. The highest BCUT2D eigenvalue weighted by molar-refractivity contribution is 6.03. The Morgan fingerprint density at radius 1 is 1.13 bits per heavy atom. The molecule has 4 heteroatoms. The Bertz CT molecular complexity index is 733. The van der Waals surface area contributed by atoms with Crippen molar-refractivity contribution in [1.29, 1.82) is 0 Å². The summed E-state index contributed by atoms with van der Waals surface area (Å²) in [7, 11) is 0. The number of aromatic nitrogens is 1. The van der Waals surface area contributed by atoms with E-state index in [0.29, 0.717) is 5.92 Å². The molecule has 0 fully saturated rings. The van der Waals surface area contributed by atoms with E-state index in [1.807, 2.05) is 36.7 Å². The van der Waals surface area contributed by atoms with Gasteiger partial charge in [0.25, 0.3) is 0 Å². The average Bonchev–Trinajstić information content (AvgIpc) is 2.84. The highest BCUT2D eigenvalue weighted by atomic mass is 16.1. The quantitative estimate of drug-likeness (QED) is 0.938. The molecule has 2 heterocycles. The molecular weight excluding hydrogens is 286 g/mol. The minimum atomic E-state index is -0.132. The molecular formula is C19H21N3O.